The van der Waals surface area contributed by atoms with Crippen LogP contribution in [-0.4, -0.2) is 17.2 Å². The summed E-state index contributed by atoms with van der Waals surface area (Å²) in [5.74, 6) is 1.17. The molecule has 1 aromatic carbocycles. The summed E-state index contributed by atoms with van der Waals surface area (Å²) in [6.07, 6.45) is 0. The maximum absolute atomic E-state index is 5.43. The normalized spacial score (nSPS) is 10.4. The van der Waals surface area contributed by atoms with Crippen LogP contribution in [0.25, 0.3) is 11.5 Å². The highest BCUT2D eigenvalue weighted by atomic mass is 16.4. The Bertz CT molecular complexity index is 397. The van der Waals surface area contributed by atoms with Crippen molar-refractivity contribution in [3.05, 3.63) is 36.2 Å². The molecule has 0 atom stereocenters. The minimum atomic E-state index is 0.566. The molecule has 2 aromatic rings. The van der Waals surface area contributed by atoms with Gasteiger partial charge in [0.1, 0.15) is 0 Å². The van der Waals surface area contributed by atoms with E-state index in [-0.39, 0.29) is 0 Å². The van der Waals surface area contributed by atoms with Gasteiger partial charge < -0.3 is 9.73 Å². The first-order valence-electron chi connectivity index (χ1n) is 4.42. The quantitative estimate of drug-likeness (QED) is 0.794. The molecule has 4 heteroatoms. The zero-order valence-electron chi connectivity index (χ0n) is 7.90. The SMILES string of the molecule is CNCc1nnc(-c2ccccc2)o1. The van der Waals surface area contributed by atoms with Gasteiger partial charge in [-0.05, 0) is 19.2 Å². The summed E-state index contributed by atoms with van der Waals surface area (Å²) in [6.45, 7) is 0.597. The number of rotatable bonds is 3. The lowest BCUT2D eigenvalue weighted by molar-refractivity contribution is 0.490. The van der Waals surface area contributed by atoms with E-state index in [1.807, 2.05) is 37.4 Å². The first-order chi connectivity index (χ1) is 6.90. The smallest absolute Gasteiger partial charge is 0.247 e. The topological polar surface area (TPSA) is 51.0 Å². The van der Waals surface area contributed by atoms with Crippen molar-refractivity contribution in [1.29, 1.82) is 0 Å². The van der Waals surface area contributed by atoms with E-state index >= 15 is 0 Å². The summed E-state index contributed by atoms with van der Waals surface area (Å²) in [7, 11) is 1.84. The van der Waals surface area contributed by atoms with Crippen LogP contribution in [0, 0.1) is 0 Å². The molecule has 0 aliphatic rings. The minimum absolute atomic E-state index is 0.566. The van der Waals surface area contributed by atoms with Gasteiger partial charge in [0.15, 0.2) is 0 Å². The van der Waals surface area contributed by atoms with E-state index in [0.29, 0.717) is 18.3 Å². The van der Waals surface area contributed by atoms with E-state index in [1.54, 1.807) is 0 Å². The maximum atomic E-state index is 5.43. The second-order valence-corrected chi connectivity index (χ2v) is 2.90. The zero-order valence-corrected chi connectivity index (χ0v) is 7.90. The van der Waals surface area contributed by atoms with Crippen LogP contribution in [-0.2, 0) is 6.54 Å². The second-order valence-electron chi connectivity index (χ2n) is 2.90. The molecule has 14 heavy (non-hydrogen) atoms. The van der Waals surface area contributed by atoms with Crippen LogP contribution in [0.1, 0.15) is 5.89 Å². The molecule has 0 unspecified atom stereocenters. The highest BCUT2D eigenvalue weighted by molar-refractivity contribution is 5.51. The molecule has 0 aliphatic heterocycles. The third kappa shape index (κ3) is 1.80. The molecule has 0 fully saturated rings. The molecule has 0 saturated carbocycles. The van der Waals surface area contributed by atoms with Crippen LogP contribution < -0.4 is 5.32 Å². The average Bonchev–Trinajstić information content (AvgIpc) is 2.68. The lowest BCUT2D eigenvalue weighted by Crippen LogP contribution is -2.04. The van der Waals surface area contributed by atoms with Gasteiger partial charge in [-0.1, -0.05) is 18.2 Å². The summed E-state index contributed by atoms with van der Waals surface area (Å²) < 4.78 is 5.43. The van der Waals surface area contributed by atoms with E-state index in [2.05, 4.69) is 15.5 Å². The molecule has 1 N–H and O–H groups in total. The fourth-order valence-electron chi connectivity index (χ4n) is 1.17. The molecule has 72 valence electrons. The molecule has 0 spiro atoms. The van der Waals surface area contributed by atoms with Gasteiger partial charge in [0.05, 0.1) is 6.54 Å². The van der Waals surface area contributed by atoms with Crippen molar-refractivity contribution in [3.8, 4) is 11.5 Å². The van der Waals surface area contributed by atoms with Gasteiger partial charge in [0.2, 0.25) is 11.8 Å². The van der Waals surface area contributed by atoms with Crippen molar-refractivity contribution < 1.29 is 4.42 Å². The Hall–Kier alpha value is -1.68. The number of benzene rings is 1. The van der Waals surface area contributed by atoms with Crippen molar-refractivity contribution in [3.63, 3.8) is 0 Å². The Morgan fingerprint density at radius 3 is 2.71 bits per heavy atom. The summed E-state index contributed by atoms with van der Waals surface area (Å²) in [5.41, 5.74) is 0.947. The van der Waals surface area contributed by atoms with Crippen molar-refractivity contribution >= 4 is 0 Å². The molecule has 4 nitrogen and oxygen atoms in total. The first-order valence-corrected chi connectivity index (χ1v) is 4.42. The average molecular weight is 189 g/mol. The summed E-state index contributed by atoms with van der Waals surface area (Å²) in [5, 5.41) is 10.8. The standard InChI is InChI=1S/C10H11N3O/c1-11-7-9-12-13-10(14-9)8-5-3-2-4-6-8/h2-6,11H,7H2,1H3. The highest BCUT2D eigenvalue weighted by Gasteiger charge is 2.06. The molecule has 1 aromatic heterocycles. The molecule has 1 heterocycles. The lowest BCUT2D eigenvalue weighted by Gasteiger charge is -1.92. The Morgan fingerprint density at radius 2 is 2.00 bits per heavy atom. The molecule has 0 saturated heterocycles. The fraction of sp³-hybridized carbons (Fsp3) is 0.200. The maximum Gasteiger partial charge on any atom is 0.247 e. The van der Waals surface area contributed by atoms with E-state index < -0.39 is 0 Å². The molecular formula is C10H11N3O. The van der Waals surface area contributed by atoms with E-state index in [1.165, 1.54) is 0 Å². The second kappa shape index (κ2) is 4.02. The third-order valence-electron chi connectivity index (χ3n) is 1.82. The first kappa shape index (κ1) is 8.90. The molecule has 2 rings (SSSR count). The predicted octanol–water partition coefficient (Wildman–Crippen LogP) is 1.46. The largest absolute Gasteiger partial charge is 0.419 e. The number of hydrogen-bond donors (Lipinski definition) is 1. The monoisotopic (exact) mass is 189 g/mol. The Labute approximate surface area is 82.0 Å². The molecular weight excluding hydrogens is 178 g/mol. The summed E-state index contributed by atoms with van der Waals surface area (Å²) in [6, 6.07) is 9.72. The van der Waals surface area contributed by atoms with Gasteiger partial charge in [-0.25, -0.2) is 0 Å². The molecule has 0 aliphatic carbocycles. The molecule has 0 bridgehead atoms. The number of hydrogen-bond acceptors (Lipinski definition) is 4. The molecule has 0 radical (unpaired) electrons. The fourth-order valence-corrected chi connectivity index (χ4v) is 1.17. The highest BCUT2D eigenvalue weighted by Crippen LogP contribution is 2.16. The number of nitrogens with zero attached hydrogens (tertiary/aromatic N) is 2. The van der Waals surface area contributed by atoms with Gasteiger partial charge in [0, 0.05) is 5.56 Å². The summed E-state index contributed by atoms with van der Waals surface area (Å²) >= 11 is 0. The van der Waals surface area contributed by atoms with Gasteiger partial charge >= 0.3 is 0 Å². The van der Waals surface area contributed by atoms with Crippen molar-refractivity contribution in [2.75, 3.05) is 7.05 Å². The van der Waals surface area contributed by atoms with Gasteiger partial charge in [-0.3, -0.25) is 0 Å². The van der Waals surface area contributed by atoms with Crippen LogP contribution in [0.3, 0.4) is 0 Å². The Morgan fingerprint density at radius 1 is 1.21 bits per heavy atom. The third-order valence-corrected chi connectivity index (χ3v) is 1.82. The number of aromatic nitrogens is 2. The van der Waals surface area contributed by atoms with Crippen LogP contribution in [0.2, 0.25) is 0 Å². The van der Waals surface area contributed by atoms with Crippen LogP contribution >= 0.6 is 0 Å². The van der Waals surface area contributed by atoms with Crippen molar-refractivity contribution in [1.82, 2.24) is 15.5 Å². The van der Waals surface area contributed by atoms with Gasteiger partial charge in [-0.15, -0.1) is 10.2 Å². The number of nitrogens with one attached hydrogen (secondary N) is 1. The van der Waals surface area contributed by atoms with Crippen molar-refractivity contribution in [2.45, 2.75) is 6.54 Å². The Kier molecular flexibility index (Phi) is 2.55. The van der Waals surface area contributed by atoms with Crippen LogP contribution in [0.5, 0.6) is 0 Å². The van der Waals surface area contributed by atoms with E-state index in [4.69, 9.17) is 4.42 Å². The van der Waals surface area contributed by atoms with Gasteiger partial charge in [0.25, 0.3) is 0 Å². The summed E-state index contributed by atoms with van der Waals surface area (Å²) in [4.78, 5) is 0. The van der Waals surface area contributed by atoms with E-state index in [9.17, 15) is 0 Å². The molecule has 0 amide bonds. The van der Waals surface area contributed by atoms with E-state index in [0.717, 1.165) is 5.56 Å². The zero-order chi connectivity index (χ0) is 9.80. The lowest BCUT2D eigenvalue weighted by atomic mass is 10.2. The van der Waals surface area contributed by atoms with Gasteiger partial charge in [-0.2, -0.15) is 0 Å². The predicted molar refractivity (Wildman–Crippen MR) is 52.5 cm³/mol. The van der Waals surface area contributed by atoms with Crippen LogP contribution in [0.15, 0.2) is 34.7 Å². The Balaban J connectivity index is 2.25. The minimum Gasteiger partial charge on any atom is -0.419 e. The van der Waals surface area contributed by atoms with Crippen LogP contribution in [0.4, 0.5) is 0 Å². The van der Waals surface area contributed by atoms with Crippen molar-refractivity contribution in [2.24, 2.45) is 0 Å².